The summed E-state index contributed by atoms with van der Waals surface area (Å²) in [4.78, 5) is 0. The Hall–Kier alpha value is 1.25. The van der Waals surface area contributed by atoms with Crippen molar-refractivity contribution < 1.29 is 11.0 Å². The van der Waals surface area contributed by atoms with Crippen LogP contribution >= 0.6 is 29.5 Å². The van der Waals surface area contributed by atoms with Crippen molar-refractivity contribution in [1.29, 1.82) is 4.21 Å². The molecule has 0 amide bonds. The molecule has 1 N–H and O–H groups in total. The van der Waals surface area contributed by atoms with Crippen molar-refractivity contribution in [3.05, 3.63) is 0 Å². The topological polar surface area (TPSA) is 23.9 Å². The fraction of sp³-hybridized carbons (Fsp3) is 0. The van der Waals surface area contributed by atoms with E-state index in [-0.39, 0.29) is 0 Å². The summed E-state index contributed by atoms with van der Waals surface area (Å²) in [5.41, 5.74) is 0. The third-order valence-corrected chi connectivity index (χ3v) is 0. The van der Waals surface area contributed by atoms with Gasteiger partial charge >= 0.3 is 44.7 Å². The zero-order chi connectivity index (χ0) is 4.50. The first-order valence-corrected chi connectivity index (χ1v) is 7.19. The van der Waals surface area contributed by atoms with Crippen molar-refractivity contribution in [3.63, 3.8) is 0 Å². The second-order valence-electron chi connectivity index (χ2n) is 0.445. The first-order chi connectivity index (χ1) is 2.00. The first-order valence-electron chi connectivity index (χ1n) is 0.731. The molecule has 1 nitrogen and oxygen atoms in total. The van der Waals surface area contributed by atoms with Gasteiger partial charge in [0.05, 0.1) is 0 Å². The molecule has 0 heterocycles. The van der Waals surface area contributed by atoms with Crippen molar-refractivity contribution >= 4 is 29.5 Å². The molecular formula is HCl3NV. The molecule has 0 aliphatic carbocycles. The van der Waals surface area contributed by atoms with E-state index >= 15 is 0 Å². The van der Waals surface area contributed by atoms with E-state index < -0.39 is 11.0 Å². The van der Waals surface area contributed by atoms with E-state index in [0.717, 1.165) is 0 Å². The Kier molecular flexibility index (Phi) is 2.26. The quantitative estimate of drug-likeness (QED) is 0.580. The second kappa shape index (κ2) is 1.81. The summed E-state index contributed by atoms with van der Waals surface area (Å²) in [5.74, 6) is 0. The predicted molar refractivity (Wildman–Crippen MR) is 20.3 cm³/mol. The molecule has 0 saturated carbocycles. The van der Waals surface area contributed by atoms with Crippen LogP contribution in [-0.2, 0) is 11.0 Å². The fourth-order valence-electron chi connectivity index (χ4n) is 0. The SMILES string of the molecule is [NH]=[V]([Cl])([Cl])[Cl]. The van der Waals surface area contributed by atoms with Gasteiger partial charge in [0.2, 0.25) is 0 Å². The van der Waals surface area contributed by atoms with Gasteiger partial charge in [-0.1, -0.05) is 0 Å². The number of rotatable bonds is 0. The van der Waals surface area contributed by atoms with Gasteiger partial charge in [0.15, 0.2) is 0 Å². The molecule has 5 heteroatoms. The Bertz CT molecular complexity index is 53.0. The minimum absolute atomic E-state index is 3.21. The molecule has 0 bridgehead atoms. The van der Waals surface area contributed by atoms with Gasteiger partial charge in [-0.15, -0.1) is 0 Å². The van der Waals surface area contributed by atoms with Crippen LogP contribution in [0.4, 0.5) is 0 Å². The van der Waals surface area contributed by atoms with Crippen molar-refractivity contribution in [2.75, 3.05) is 0 Å². The zero-order valence-electron chi connectivity index (χ0n) is 2.08. The maximum absolute atomic E-state index is 6.41. The van der Waals surface area contributed by atoms with E-state index in [2.05, 4.69) is 0 Å². The van der Waals surface area contributed by atoms with Gasteiger partial charge in [0.25, 0.3) is 0 Å². The molecule has 0 fully saturated rings. The molecule has 0 radical (unpaired) electrons. The molecule has 0 aromatic carbocycles. The Morgan fingerprint density at radius 1 is 1.20 bits per heavy atom. The van der Waals surface area contributed by atoms with Gasteiger partial charge in [0, 0.05) is 0 Å². The Labute approximate surface area is 44.8 Å². The van der Waals surface area contributed by atoms with Gasteiger partial charge in [-0.2, -0.15) is 0 Å². The van der Waals surface area contributed by atoms with Crippen molar-refractivity contribution in [2.45, 2.75) is 0 Å². The Balaban J connectivity index is 3.47. The van der Waals surface area contributed by atoms with Gasteiger partial charge in [-0.25, -0.2) is 0 Å². The average molecular weight is 172 g/mol. The third kappa shape index (κ3) is 35.4. The molecular weight excluding hydrogens is 171 g/mol. The number of hydrogen-bond donors (Lipinski definition) is 1. The summed E-state index contributed by atoms with van der Waals surface area (Å²) in [5, 5.41) is 0. The Morgan fingerprint density at radius 2 is 1.20 bits per heavy atom. The first kappa shape index (κ1) is 6.25. The molecule has 0 aromatic heterocycles. The van der Waals surface area contributed by atoms with E-state index in [1.54, 1.807) is 0 Å². The van der Waals surface area contributed by atoms with E-state index in [9.17, 15) is 0 Å². The number of nitrogens with one attached hydrogen (secondary N) is 1. The van der Waals surface area contributed by atoms with Crippen LogP contribution < -0.4 is 0 Å². The van der Waals surface area contributed by atoms with Gasteiger partial charge in [-0.3, -0.25) is 0 Å². The third-order valence-electron chi connectivity index (χ3n) is 0. The molecule has 32 valence electrons. The normalized spacial score (nSPS) is 11.8. The number of halogens is 3. The molecule has 0 rings (SSSR count). The predicted octanol–water partition coefficient (Wildman–Crippen LogP) is 2.36. The fourth-order valence-corrected chi connectivity index (χ4v) is 0. The van der Waals surface area contributed by atoms with Crippen LogP contribution in [0.25, 0.3) is 0 Å². The standard InChI is InChI=1S/3ClH.HN.V/h4*1H;/q;;;;+3/p-3. The molecule has 0 aliphatic heterocycles. The van der Waals surface area contributed by atoms with Crippen LogP contribution in [0.3, 0.4) is 0 Å². The molecule has 5 heavy (non-hydrogen) atoms. The van der Waals surface area contributed by atoms with Gasteiger partial charge < -0.3 is 0 Å². The van der Waals surface area contributed by atoms with E-state index in [0.29, 0.717) is 0 Å². The summed E-state index contributed by atoms with van der Waals surface area (Å²) in [6, 6.07) is 0. The summed E-state index contributed by atoms with van der Waals surface area (Å²) < 4.78 is 6.41. The van der Waals surface area contributed by atoms with Crippen molar-refractivity contribution in [1.82, 2.24) is 0 Å². The molecule has 0 atom stereocenters. The second-order valence-corrected chi connectivity index (χ2v) is 10.2. The van der Waals surface area contributed by atoms with Gasteiger partial charge in [0.1, 0.15) is 0 Å². The summed E-state index contributed by atoms with van der Waals surface area (Å²) >= 11 is 0. The van der Waals surface area contributed by atoms with Crippen LogP contribution in [-0.4, -0.2) is 0 Å². The number of hydrogen-bond acceptors (Lipinski definition) is 1. The molecule has 0 aliphatic rings. The van der Waals surface area contributed by atoms with E-state index in [4.69, 9.17) is 33.8 Å². The van der Waals surface area contributed by atoms with Crippen LogP contribution in [0.2, 0.25) is 0 Å². The van der Waals surface area contributed by atoms with Crippen molar-refractivity contribution in [2.24, 2.45) is 0 Å². The Morgan fingerprint density at radius 3 is 1.20 bits per heavy atom. The van der Waals surface area contributed by atoms with E-state index in [1.165, 1.54) is 0 Å². The van der Waals surface area contributed by atoms with Crippen molar-refractivity contribution in [3.8, 4) is 0 Å². The summed E-state index contributed by atoms with van der Waals surface area (Å²) in [6.07, 6.45) is 0. The molecule has 0 saturated heterocycles. The summed E-state index contributed by atoms with van der Waals surface area (Å²) in [7, 11) is 11.5. The molecule has 0 aromatic rings. The monoisotopic (exact) mass is 171 g/mol. The van der Waals surface area contributed by atoms with Gasteiger partial charge in [-0.05, 0) is 0 Å². The average Bonchev–Trinajstić information content (AvgIpc) is 0.722. The van der Waals surface area contributed by atoms with E-state index in [1.807, 2.05) is 0 Å². The maximum atomic E-state index is 6.41. The minimum atomic E-state index is -3.21. The van der Waals surface area contributed by atoms with Crippen LogP contribution in [0, 0.1) is 4.21 Å². The zero-order valence-corrected chi connectivity index (χ0v) is 5.75. The van der Waals surface area contributed by atoms with Crippen LogP contribution in [0.5, 0.6) is 0 Å². The summed E-state index contributed by atoms with van der Waals surface area (Å²) in [6.45, 7) is 0. The van der Waals surface area contributed by atoms with Crippen LogP contribution in [0.15, 0.2) is 0 Å². The van der Waals surface area contributed by atoms with Crippen LogP contribution in [0.1, 0.15) is 0 Å². The molecule has 0 spiro atoms. The molecule has 0 unspecified atom stereocenters.